The molecule has 5 heteroatoms. The number of hydrogen-bond acceptors (Lipinski definition) is 3. The van der Waals surface area contributed by atoms with Gasteiger partial charge in [-0.1, -0.05) is 42.5 Å². The summed E-state index contributed by atoms with van der Waals surface area (Å²) in [5.74, 6) is -0.251. The molecule has 1 aromatic heterocycles. The summed E-state index contributed by atoms with van der Waals surface area (Å²) in [7, 11) is 1.75. The molecule has 0 aliphatic heterocycles. The summed E-state index contributed by atoms with van der Waals surface area (Å²) in [6, 6.07) is 16.4. The molecule has 3 nitrogen and oxygen atoms in total. The molecule has 2 aromatic carbocycles. The highest BCUT2D eigenvalue weighted by molar-refractivity contribution is 7.07. The van der Waals surface area contributed by atoms with Gasteiger partial charge in [0.2, 0.25) is 4.80 Å². The fourth-order valence-corrected chi connectivity index (χ4v) is 3.05. The van der Waals surface area contributed by atoms with Crippen molar-refractivity contribution < 1.29 is 4.39 Å². The van der Waals surface area contributed by atoms with Gasteiger partial charge in [-0.05, 0) is 24.6 Å². The summed E-state index contributed by atoms with van der Waals surface area (Å²) in [5, 5.41) is 6.73. The van der Waals surface area contributed by atoms with Crippen LogP contribution in [0.1, 0.15) is 12.5 Å². The lowest BCUT2D eigenvalue weighted by Crippen LogP contribution is -2.13. The Morgan fingerprint density at radius 1 is 1.04 bits per heavy atom. The van der Waals surface area contributed by atoms with Crippen molar-refractivity contribution in [3.8, 4) is 11.3 Å². The van der Waals surface area contributed by atoms with Crippen LogP contribution < -0.4 is 4.80 Å². The Bertz CT molecular complexity index is 890. The highest BCUT2D eigenvalue weighted by atomic mass is 32.1. The zero-order valence-electron chi connectivity index (χ0n) is 12.9. The Balaban J connectivity index is 2.10. The predicted molar refractivity (Wildman–Crippen MR) is 93.2 cm³/mol. The van der Waals surface area contributed by atoms with Crippen LogP contribution in [0.15, 0.2) is 70.1 Å². The zero-order chi connectivity index (χ0) is 16.2. The molecule has 0 N–H and O–H groups in total. The van der Waals surface area contributed by atoms with E-state index in [2.05, 4.69) is 4.99 Å². The van der Waals surface area contributed by atoms with Gasteiger partial charge in [-0.15, -0.1) is 11.3 Å². The number of rotatable bonds is 3. The summed E-state index contributed by atoms with van der Waals surface area (Å²) >= 11 is 1.54. The van der Waals surface area contributed by atoms with E-state index in [1.165, 1.54) is 23.5 Å². The van der Waals surface area contributed by atoms with Crippen molar-refractivity contribution in [1.82, 2.24) is 4.68 Å². The smallest absolute Gasteiger partial charge is 0.205 e. The number of nitrogens with zero attached hydrogens (tertiary/aromatic N) is 3. The molecular weight excluding hydrogens is 309 g/mol. The summed E-state index contributed by atoms with van der Waals surface area (Å²) in [6.45, 7) is 1.91. The van der Waals surface area contributed by atoms with Crippen molar-refractivity contribution in [3.05, 3.63) is 76.2 Å². The first-order valence-electron chi connectivity index (χ1n) is 7.19. The van der Waals surface area contributed by atoms with Gasteiger partial charge in [0.05, 0.1) is 11.4 Å². The van der Waals surface area contributed by atoms with Crippen LogP contribution in [0.5, 0.6) is 0 Å². The Labute approximate surface area is 138 Å². The molecule has 1 heterocycles. The number of halogens is 1. The number of hydrogen-bond donors (Lipinski definition) is 0. The largest absolute Gasteiger partial charge is 0.261 e. The molecule has 0 spiro atoms. The third-order valence-electron chi connectivity index (χ3n) is 3.46. The molecule has 116 valence electrons. The lowest BCUT2D eigenvalue weighted by molar-refractivity contribution is 0.627. The highest BCUT2D eigenvalue weighted by Crippen LogP contribution is 2.20. The molecule has 0 aliphatic carbocycles. The maximum absolute atomic E-state index is 13.1. The van der Waals surface area contributed by atoms with Crippen molar-refractivity contribution in [2.75, 3.05) is 7.05 Å². The molecule has 0 saturated heterocycles. The van der Waals surface area contributed by atoms with Crippen LogP contribution in [0.2, 0.25) is 0 Å². The summed E-state index contributed by atoms with van der Waals surface area (Å²) < 4.78 is 14.9. The van der Waals surface area contributed by atoms with Gasteiger partial charge >= 0.3 is 0 Å². The molecule has 0 bridgehead atoms. The molecular formula is C18H16FN3S. The van der Waals surface area contributed by atoms with Crippen LogP contribution in [0.4, 0.5) is 4.39 Å². The Kier molecular flexibility index (Phi) is 4.48. The van der Waals surface area contributed by atoms with Gasteiger partial charge in [-0.2, -0.15) is 5.10 Å². The van der Waals surface area contributed by atoms with Crippen molar-refractivity contribution in [1.29, 1.82) is 0 Å². The highest BCUT2D eigenvalue weighted by Gasteiger charge is 2.08. The average molecular weight is 325 g/mol. The van der Waals surface area contributed by atoms with Gasteiger partial charge in [-0.25, -0.2) is 9.07 Å². The Morgan fingerprint density at radius 3 is 2.39 bits per heavy atom. The van der Waals surface area contributed by atoms with Gasteiger partial charge in [0.1, 0.15) is 5.82 Å². The minimum absolute atomic E-state index is 0.251. The number of benzene rings is 2. The van der Waals surface area contributed by atoms with Crippen LogP contribution in [0, 0.1) is 5.82 Å². The first kappa shape index (κ1) is 15.4. The van der Waals surface area contributed by atoms with Gasteiger partial charge in [-0.3, -0.25) is 4.99 Å². The third kappa shape index (κ3) is 3.29. The second-order valence-electron chi connectivity index (χ2n) is 5.00. The fraction of sp³-hybridized carbons (Fsp3) is 0.111. The third-order valence-corrected chi connectivity index (χ3v) is 4.37. The minimum atomic E-state index is -0.251. The topological polar surface area (TPSA) is 29.6 Å². The summed E-state index contributed by atoms with van der Waals surface area (Å²) in [6.07, 6.45) is 0. The van der Waals surface area contributed by atoms with E-state index in [-0.39, 0.29) is 5.82 Å². The first-order valence-corrected chi connectivity index (χ1v) is 8.07. The van der Waals surface area contributed by atoms with Crippen LogP contribution in [-0.2, 0) is 0 Å². The van der Waals surface area contributed by atoms with E-state index in [9.17, 15) is 4.39 Å². The van der Waals surface area contributed by atoms with Crippen LogP contribution in [-0.4, -0.2) is 17.4 Å². The summed E-state index contributed by atoms with van der Waals surface area (Å²) in [4.78, 5) is 5.10. The van der Waals surface area contributed by atoms with E-state index in [0.717, 1.165) is 27.3 Å². The lowest BCUT2D eigenvalue weighted by Gasteiger charge is -2.06. The van der Waals surface area contributed by atoms with E-state index < -0.39 is 0 Å². The SMILES string of the molecule is CN=c1scc(-c2ccccc2)n1N=C(C)c1ccc(F)cc1. The van der Waals surface area contributed by atoms with Crippen molar-refractivity contribution >= 4 is 17.0 Å². The monoisotopic (exact) mass is 325 g/mol. The molecule has 0 saturated carbocycles. The van der Waals surface area contributed by atoms with Gasteiger partial charge < -0.3 is 0 Å². The zero-order valence-corrected chi connectivity index (χ0v) is 13.7. The maximum atomic E-state index is 13.1. The molecule has 0 atom stereocenters. The standard InChI is InChI=1S/C18H16FN3S/c1-13(14-8-10-16(19)11-9-14)21-22-17(12-23-18(22)20-2)15-6-4-3-5-7-15/h3-12H,1-2H3. The second-order valence-corrected chi connectivity index (χ2v) is 5.83. The first-order chi connectivity index (χ1) is 11.2. The predicted octanol–water partition coefficient (Wildman–Crippen LogP) is 4.16. The van der Waals surface area contributed by atoms with E-state index in [1.807, 2.05) is 47.3 Å². The number of aromatic nitrogens is 1. The van der Waals surface area contributed by atoms with Gasteiger partial charge in [0, 0.05) is 18.0 Å². The maximum Gasteiger partial charge on any atom is 0.205 e. The van der Waals surface area contributed by atoms with Gasteiger partial charge in [0.25, 0.3) is 0 Å². The van der Waals surface area contributed by atoms with Gasteiger partial charge in [0.15, 0.2) is 0 Å². The molecule has 3 rings (SSSR count). The molecule has 0 radical (unpaired) electrons. The Morgan fingerprint density at radius 2 is 1.74 bits per heavy atom. The second kappa shape index (κ2) is 6.71. The number of thiazole rings is 1. The molecule has 0 amide bonds. The van der Waals surface area contributed by atoms with Crippen LogP contribution in [0.3, 0.4) is 0 Å². The summed E-state index contributed by atoms with van der Waals surface area (Å²) in [5.41, 5.74) is 3.74. The van der Waals surface area contributed by atoms with Crippen molar-refractivity contribution in [2.24, 2.45) is 10.1 Å². The van der Waals surface area contributed by atoms with Crippen molar-refractivity contribution in [2.45, 2.75) is 6.92 Å². The lowest BCUT2D eigenvalue weighted by atomic mass is 10.1. The van der Waals surface area contributed by atoms with E-state index in [0.29, 0.717) is 0 Å². The van der Waals surface area contributed by atoms with E-state index >= 15 is 0 Å². The van der Waals surface area contributed by atoms with Crippen LogP contribution >= 0.6 is 11.3 Å². The van der Waals surface area contributed by atoms with Crippen molar-refractivity contribution in [3.63, 3.8) is 0 Å². The van der Waals surface area contributed by atoms with E-state index in [1.54, 1.807) is 19.2 Å². The minimum Gasteiger partial charge on any atom is -0.261 e. The molecule has 23 heavy (non-hydrogen) atoms. The fourth-order valence-electron chi connectivity index (χ4n) is 2.25. The quantitative estimate of drug-likeness (QED) is 0.647. The average Bonchev–Trinajstić information content (AvgIpc) is 2.99. The van der Waals surface area contributed by atoms with Crippen LogP contribution in [0.25, 0.3) is 11.3 Å². The molecule has 3 aromatic rings. The Hall–Kier alpha value is -2.53. The van der Waals surface area contributed by atoms with E-state index in [4.69, 9.17) is 5.10 Å². The molecule has 0 fully saturated rings. The normalized spacial score (nSPS) is 12.7. The molecule has 0 unspecified atom stereocenters. The molecule has 0 aliphatic rings.